The van der Waals surface area contributed by atoms with Crippen LogP contribution in [0.25, 0.3) is 0 Å². The van der Waals surface area contributed by atoms with E-state index >= 15 is 0 Å². The van der Waals surface area contributed by atoms with Gasteiger partial charge in [-0.05, 0) is 6.42 Å². The summed E-state index contributed by atoms with van der Waals surface area (Å²) in [5, 5.41) is 0. The van der Waals surface area contributed by atoms with Crippen molar-refractivity contribution in [3.8, 4) is 0 Å². The van der Waals surface area contributed by atoms with Crippen molar-refractivity contribution in [2.75, 3.05) is 0 Å². The number of hydrogen-bond donors (Lipinski definition) is 1. The Balaban J connectivity index is 3.50. The molecule has 0 aliphatic rings. The van der Waals surface area contributed by atoms with Gasteiger partial charge in [-0.3, -0.25) is 4.79 Å². The Hall–Kier alpha value is -0.900. The SMILES string of the molecule is CCC(=O)ONC(C=O)CC. The van der Waals surface area contributed by atoms with Crippen LogP contribution >= 0.6 is 0 Å². The maximum Gasteiger partial charge on any atom is 0.324 e. The second-order valence-electron chi connectivity index (χ2n) is 2.10. The Bertz CT molecular complexity index is 136. The van der Waals surface area contributed by atoms with E-state index in [1.165, 1.54) is 0 Å². The number of aldehydes is 1. The summed E-state index contributed by atoms with van der Waals surface area (Å²) in [7, 11) is 0. The van der Waals surface area contributed by atoms with Crippen LogP contribution < -0.4 is 5.48 Å². The highest BCUT2D eigenvalue weighted by atomic mass is 16.7. The lowest BCUT2D eigenvalue weighted by atomic mass is 10.3. The smallest absolute Gasteiger partial charge is 0.324 e. The molecule has 0 saturated heterocycles. The quantitative estimate of drug-likeness (QED) is 0.466. The van der Waals surface area contributed by atoms with Crippen LogP contribution in [0.15, 0.2) is 0 Å². The molecule has 11 heavy (non-hydrogen) atoms. The molecule has 0 bridgehead atoms. The van der Waals surface area contributed by atoms with Gasteiger partial charge in [0.25, 0.3) is 0 Å². The van der Waals surface area contributed by atoms with Crippen molar-refractivity contribution >= 4 is 12.3 Å². The van der Waals surface area contributed by atoms with E-state index in [1.807, 2.05) is 6.92 Å². The first-order valence-corrected chi connectivity index (χ1v) is 3.65. The van der Waals surface area contributed by atoms with Gasteiger partial charge in [-0.1, -0.05) is 13.8 Å². The summed E-state index contributed by atoms with van der Waals surface area (Å²) in [5.74, 6) is -0.356. The number of rotatable bonds is 5. The molecule has 1 unspecified atom stereocenters. The summed E-state index contributed by atoms with van der Waals surface area (Å²) in [6.07, 6.45) is 1.63. The van der Waals surface area contributed by atoms with E-state index in [9.17, 15) is 9.59 Å². The van der Waals surface area contributed by atoms with Gasteiger partial charge >= 0.3 is 5.97 Å². The zero-order chi connectivity index (χ0) is 8.69. The molecule has 0 aromatic carbocycles. The van der Waals surface area contributed by atoms with E-state index in [0.717, 1.165) is 0 Å². The first kappa shape index (κ1) is 10.1. The number of carbonyl (C=O) groups is 2. The lowest BCUT2D eigenvalue weighted by molar-refractivity contribution is -0.153. The van der Waals surface area contributed by atoms with Crippen LogP contribution in [0.2, 0.25) is 0 Å². The molecule has 0 aromatic heterocycles. The molecule has 0 radical (unpaired) electrons. The molecule has 0 aromatic rings. The predicted molar refractivity (Wildman–Crippen MR) is 39.7 cm³/mol. The van der Waals surface area contributed by atoms with Crippen molar-refractivity contribution in [2.24, 2.45) is 0 Å². The van der Waals surface area contributed by atoms with Gasteiger partial charge in [0.2, 0.25) is 0 Å². The van der Waals surface area contributed by atoms with Gasteiger partial charge < -0.3 is 9.63 Å². The van der Waals surface area contributed by atoms with E-state index in [2.05, 4.69) is 10.3 Å². The number of hydroxylamine groups is 1. The van der Waals surface area contributed by atoms with E-state index in [0.29, 0.717) is 19.1 Å². The summed E-state index contributed by atoms with van der Waals surface area (Å²) in [6.45, 7) is 3.51. The first-order chi connectivity index (χ1) is 5.24. The highest BCUT2D eigenvalue weighted by Crippen LogP contribution is 1.87. The van der Waals surface area contributed by atoms with E-state index in [1.54, 1.807) is 6.92 Å². The minimum Gasteiger partial charge on any atom is -0.370 e. The maximum absolute atomic E-state index is 10.5. The molecule has 0 spiro atoms. The molecule has 0 aliphatic carbocycles. The van der Waals surface area contributed by atoms with E-state index in [4.69, 9.17) is 0 Å². The zero-order valence-electron chi connectivity index (χ0n) is 6.79. The highest BCUT2D eigenvalue weighted by Gasteiger charge is 2.05. The Morgan fingerprint density at radius 3 is 2.64 bits per heavy atom. The average molecular weight is 159 g/mol. The standard InChI is InChI=1S/C7H13NO3/c1-3-6(5-9)8-11-7(10)4-2/h5-6,8H,3-4H2,1-2H3. The third-order valence-corrected chi connectivity index (χ3v) is 1.22. The van der Waals surface area contributed by atoms with Crippen LogP contribution in [0, 0.1) is 0 Å². The van der Waals surface area contributed by atoms with Crippen LogP contribution in [0.1, 0.15) is 26.7 Å². The predicted octanol–water partition coefficient (Wildman–Crippen LogP) is 0.422. The molecule has 4 nitrogen and oxygen atoms in total. The van der Waals surface area contributed by atoms with Gasteiger partial charge in [-0.25, -0.2) is 0 Å². The normalized spacial score (nSPS) is 12.2. The van der Waals surface area contributed by atoms with Gasteiger partial charge in [0.05, 0.1) is 6.04 Å². The lowest BCUT2D eigenvalue weighted by Crippen LogP contribution is -2.31. The largest absolute Gasteiger partial charge is 0.370 e. The Labute approximate surface area is 65.9 Å². The molecule has 0 fully saturated rings. The van der Waals surface area contributed by atoms with Crippen LogP contribution in [0.3, 0.4) is 0 Å². The molecule has 0 heterocycles. The van der Waals surface area contributed by atoms with Gasteiger partial charge in [-0.15, -0.1) is 5.48 Å². The highest BCUT2D eigenvalue weighted by molar-refractivity contribution is 5.69. The minimum atomic E-state index is -0.384. The summed E-state index contributed by atoms with van der Waals surface area (Å²) in [5.41, 5.74) is 2.35. The first-order valence-electron chi connectivity index (χ1n) is 3.65. The molecule has 0 rings (SSSR count). The molecular formula is C7H13NO3. The Kier molecular flexibility index (Phi) is 5.37. The van der Waals surface area contributed by atoms with Crippen molar-refractivity contribution in [1.82, 2.24) is 5.48 Å². The second kappa shape index (κ2) is 5.85. The maximum atomic E-state index is 10.5. The van der Waals surface area contributed by atoms with Crippen molar-refractivity contribution in [3.63, 3.8) is 0 Å². The van der Waals surface area contributed by atoms with Gasteiger partial charge in [0.1, 0.15) is 6.29 Å². The molecule has 4 heteroatoms. The van der Waals surface area contributed by atoms with Crippen molar-refractivity contribution < 1.29 is 14.4 Å². The topological polar surface area (TPSA) is 55.4 Å². The molecule has 0 saturated carbocycles. The third-order valence-electron chi connectivity index (χ3n) is 1.22. The van der Waals surface area contributed by atoms with Gasteiger partial charge in [0, 0.05) is 6.42 Å². The monoisotopic (exact) mass is 159 g/mol. The number of hydrogen-bond acceptors (Lipinski definition) is 4. The molecule has 64 valence electrons. The van der Waals surface area contributed by atoms with Gasteiger partial charge in [-0.2, -0.15) is 0 Å². The van der Waals surface area contributed by atoms with Crippen LogP contribution in [0.5, 0.6) is 0 Å². The summed E-state index contributed by atoms with van der Waals surface area (Å²) in [4.78, 5) is 25.2. The fraction of sp³-hybridized carbons (Fsp3) is 0.714. The fourth-order valence-electron chi connectivity index (χ4n) is 0.421. The van der Waals surface area contributed by atoms with Crippen molar-refractivity contribution in [3.05, 3.63) is 0 Å². The van der Waals surface area contributed by atoms with E-state index in [-0.39, 0.29) is 12.0 Å². The minimum absolute atomic E-state index is 0.308. The van der Waals surface area contributed by atoms with Crippen molar-refractivity contribution in [1.29, 1.82) is 0 Å². The van der Waals surface area contributed by atoms with E-state index < -0.39 is 0 Å². The Morgan fingerprint density at radius 1 is 1.64 bits per heavy atom. The zero-order valence-corrected chi connectivity index (χ0v) is 6.79. The summed E-state index contributed by atoms with van der Waals surface area (Å²) < 4.78 is 0. The molecule has 1 atom stereocenters. The number of nitrogens with one attached hydrogen (secondary N) is 1. The lowest BCUT2D eigenvalue weighted by Gasteiger charge is -2.08. The van der Waals surface area contributed by atoms with Crippen molar-refractivity contribution in [2.45, 2.75) is 32.7 Å². The molecule has 0 aliphatic heterocycles. The average Bonchev–Trinajstić information content (AvgIpc) is 2.06. The van der Waals surface area contributed by atoms with Crippen LogP contribution in [-0.4, -0.2) is 18.3 Å². The Morgan fingerprint density at radius 2 is 2.27 bits per heavy atom. The number of carbonyl (C=O) groups excluding carboxylic acids is 2. The fourth-order valence-corrected chi connectivity index (χ4v) is 0.421. The summed E-state index contributed by atoms with van der Waals surface area (Å²) in [6, 6.07) is -0.384. The molecule has 1 N–H and O–H groups in total. The molecular weight excluding hydrogens is 146 g/mol. The van der Waals surface area contributed by atoms with Crippen LogP contribution in [-0.2, 0) is 14.4 Å². The van der Waals surface area contributed by atoms with Gasteiger partial charge in [0.15, 0.2) is 0 Å². The molecule has 0 amide bonds. The third kappa shape index (κ3) is 4.50. The van der Waals surface area contributed by atoms with Crippen LogP contribution in [0.4, 0.5) is 0 Å². The summed E-state index contributed by atoms with van der Waals surface area (Å²) >= 11 is 0. The second-order valence-corrected chi connectivity index (χ2v) is 2.10.